The van der Waals surface area contributed by atoms with Crippen LogP contribution in [0, 0.1) is 11.8 Å². The summed E-state index contributed by atoms with van der Waals surface area (Å²) in [6.07, 6.45) is 0.326. The van der Waals surface area contributed by atoms with Gasteiger partial charge in [0, 0.05) is 13.0 Å². The van der Waals surface area contributed by atoms with Crippen LogP contribution in [-0.2, 0) is 52.7 Å². The Kier molecular flexibility index (Phi) is 35.4. The van der Waals surface area contributed by atoms with Crippen molar-refractivity contribution in [3.63, 3.8) is 0 Å². The highest BCUT2D eigenvalue weighted by atomic mass is 16.3. The van der Waals surface area contributed by atoms with E-state index < -0.39 is 151 Å². The molecule has 29 nitrogen and oxygen atoms in total. The molecule has 0 spiro atoms. The molecule has 81 heavy (non-hydrogen) atoms. The molecule has 1 heterocycles. The van der Waals surface area contributed by atoms with Gasteiger partial charge in [-0.1, -0.05) is 60.3 Å². The summed E-state index contributed by atoms with van der Waals surface area (Å²) < 4.78 is 0. The molecule has 1 unspecified atom stereocenters. The van der Waals surface area contributed by atoms with E-state index in [2.05, 4.69) is 65.4 Å². The van der Waals surface area contributed by atoms with E-state index in [9.17, 15) is 63.0 Å². The van der Waals surface area contributed by atoms with Crippen LogP contribution in [0.15, 0.2) is 0 Å². The first-order chi connectivity index (χ1) is 38.3. The van der Waals surface area contributed by atoms with Crippen molar-refractivity contribution >= 4 is 65.0 Å². The van der Waals surface area contributed by atoms with E-state index in [1.807, 2.05) is 0 Å². The van der Waals surface area contributed by atoms with Crippen molar-refractivity contribution < 1.29 is 63.0 Å². The van der Waals surface area contributed by atoms with Crippen LogP contribution < -0.4 is 87.2 Å². The second-order valence-electron chi connectivity index (χ2n) is 21.4. The lowest BCUT2D eigenvalue weighted by Crippen LogP contribution is -2.62. The maximum absolute atomic E-state index is 14.4. The largest absolute Gasteiger partial charge is 0.391 e. The van der Waals surface area contributed by atoms with Crippen LogP contribution in [0.5, 0.6) is 0 Å². The molecule has 23 N–H and O–H groups in total. The quantitative estimate of drug-likeness (QED) is 0.0310. The third kappa shape index (κ3) is 27.5. The maximum atomic E-state index is 14.4. The minimum atomic E-state index is -1.69. The van der Waals surface area contributed by atoms with Gasteiger partial charge in [-0.05, 0) is 116 Å². The zero-order valence-corrected chi connectivity index (χ0v) is 48.5. The Bertz CT molecular complexity index is 2030. The van der Waals surface area contributed by atoms with Gasteiger partial charge in [0.2, 0.25) is 65.0 Å². The highest BCUT2D eigenvalue weighted by Gasteiger charge is 2.37. The Morgan fingerprint density at radius 3 is 1.38 bits per heavy atom. The van der Waals surface area contributed by atoms with Crippen molar-refractivity contribution in [2.75, 3.05) is 39.3 Å². The van der Waals surface area contributed by atoms with Crippen LogP contribution in [0.2, 0.25) is 0 Å². The van der Waals surface area contributed by atoms with Crippen molar-refractivity contribution in [3.8, 4) is 0 Å². The topological polar surface area (TPSA) is 491 Å². The lowest BCUT2D eigenvalue weighted by molar-refractivity contribution is -0.137. The molecule has 12 atom stereocenters. The summed E-state index contributed by atoms with van der Waals surface area (Å²) in [6, 6.07) is -14.5. The Balaban J connectivity index is 3.83. The predicted octanol–water partition coefficient (Wildman–Crippen LogP) is -5.69. The summed E-state index contributed by atoms with van der Waals surface area (Å²) >= 11 is 0. The fourth-order valence-corrected chi connectivity index (χ4v) is 8.67. The van der Waals surface area contributed by atoms with Gasteiger partial charge < -0.3 is 97.4 Å². The number of rotatable bonds is 29. The fourth-order valence-electron chi connectivity index (χ4n) is 8.67. The molecule has 1 fully saturated rings. The summed E-state index contributed by atoms with van der Waals surface area (Å²) in [6.45, 7) is 10.5. The molecule has 29 heteroatoms. The SMILES string of the molecule is CCCCCCCC(=O)N[C@@H](CCN)C(=O)N[C@H](C(=O)N[C@@H](CCN)C(=O)N[C@H]1CCNC(=O)[C@H]([C@@H](C)O)NC(=O)[C@H](CCN)NC(=O)[C@H](CCN)NC(=O)[C@H](CC(C)C)NC(=O)C(CC(C)C)NC(=O)[C@H](CCN)NC1=O)[C@@H](C)O. The third-order valence-electron chi connectivity index (χ3n) is 13.1. The van der Waals surface area contributed by atoms with Crippen LogP contribution in [0.4, 0.5) is 0 Å². The highest BCUT2D eigenvalue weighted by molar-refractivity contribution is 5.99. The normalized spacial score (nSPS) is 23.2. The van der Waals surface area contributed by atoms with E-state index in [1.54, 1.807) is 27.7 Å². The number of aliphatic hydroxyl groups excluding tert-OH is 2. The molecule has 0 aromatic heterocycles. The molecule has 1 aliphatic rings. The van der Waals surface area contributed by atoms with E-state index in [0.717, 1.165) is 25.7 Å². The van der Waals surface area contributed by atoms with Gasteiger partial charge in [0.1, 0.15) is 60.4 Å². The fraction of sp³-hybridized carbons (Fsp3) is 0.788. The number of nitrogens with one attached hydrogen (secondary N) is 11. The van der Waals surface area contributed by atoms with Gasteiger partial charge in [-0.15, -0.1) is 0 Å². The Morgan fingerprint density at radius 2 is 0.951 bits per heavy atom. The van der Waals surface area contributed by atoms with Crippen molar-refractivity contribution in [2.24, 2.45) is 40.5 Å². The van der Waals surface area contributed by atoms with E-state index in [0.29, 0.717) is 6.42 Å². The first-order valence-corrected chi connectivity index (χ1v) is 28.5. The molecule has 0 aliphatic carbocycles. The predicted molar refractivity (Wildman–Crippen MR) is 301 cm³/mol. The van der Waals surface area contributed by atoms with Crippen LogP contribution in [0.25, 0.3) is 0 Å². The average Bonchev–Trinajstić information content (AvgIpc) is 3.40. The summed E-state index contributed by atoms with van der Waals surface area (Å²) in [7, 11) is 0. The standard InChI is InChI=1S/C52H98N16O13/c1-8-9-10-11-12-13-40(71)59-32(14-20-53)47(76)68-42(31(7)70)52(81)64-35(17-23-56)44(73)63-37-19-25-58-51(80)41(30(6)69)67-48(77)36(18-24-57)61-43(72)33(15-21-54)62-49(78)38(26-28(2)3)66-50(79)39(27-29(4)5)65-45(74)34(16-22-55)60-46(37)75/h28-39,41-42,69-70H,8-27,53-57H2,1-7H3,(H,58,80)(H,59,71)(H,60,75)(H,61,72)(H,62,78)(H,63,73)(H,64,81)(H,65,74)(H,66,79)(H,67,77)(H,68,76)/t30-,31-,32+,33+,34+,35+,36+,37+,38+,39?,41+,42+/m1/s1. The maximum Gasteiger partial charge on any atom is 0.245 e. The summed E-state index contributed by atoms with van der Waals surface area (Å²) in [5.41, 5.74) is 29.2. The van der Waals surface area contributed by atoms with Gasteiger partial charge in [-0.3, -0.25) is 52.7 Å². The first kappa shape index (κ1) is 72.9. The van der Waals surface area contributed by atoms with E-state index in [1.165, 1.54) is 13.8 Å². The van der Waals surface area contributed by atoms with Gasteiger partial charge in [-0.2, -0.15) is 0 Å². The smallest absolute Gasteiger partial charge is 0.245 e. The van der Waals surface area contributed by atoms with Crippen molar-refractivity contribution in [3.05, 3.63) is 0 Å². The van der Waals surface area contributed by atoms with Gasteiger partial charge in [0.25, 0.3) is 0 Å². The molecule has 11 amide bonds. The van der Waals surface area contributed by atoms with Gasteiger partial charge >= 0.3 is 0 Å². The lowest BCUT2D eigenvalue weighted by atomic mass is 9.99. The number of unbranched alkanes of at least 4 members (excludes halogenated alkanes) is 4. The van der Waals surface area contributed by atoms with Gasteiger partial charge in [0.15, 0.2) is 0 Å². The Hall–Kier alpha value is -6.11. The number of amides is 11. The van der Waals surface area contributed by atoms with E-state index in [4.69, 9.17) is 28.7 Å². The zero-order chi connectivity index (χ0) is 61.4. The second kappa shape index (κ2) is 39.3. The molecule has 0 bridgehead atoms. The van der Waals surface area contributed by atoms with Gasteiger partial charge in [0.05, 0.1) is 12.2 Å². The molecule has 0 aromatic rings. The second-order valence-corrected chi connectivity index (χ2v) is 21.4. The molecule has 1 aliphatic heterocycles. The molecular weight excluding hydrogens is 1060 g/mol. The number of hydrogen-bond acceptors (Lipinski definition) is 18. The summed E-state index contributed by atoms with van der Waals surface area (Å²) in [5.74, 6) is -9.97. The molecular formula is C52H98N16O13. The van der Waals surface area contributed by atoms with Crippen LogP contribution in [0.3, 0.4) is 0 Å². The van der Waals surface area contributed by atoms with E-state index in [-0.39, 0.29) is 95.9 Å². The molecule has 1 rings (SSSR count). The van der Waals surface area contributed by atoms with Crippen molar-refractivity contribution in [1.29, 1.82) is 0 Å². The number of carbonyl (C=O) groups excluding carboxylic acids is 11. The highest BCUT2D eigenvalue weighted by Crippen LogP contribution is 2.12. The molecule has 464 valence electrons. The lowest BCUT2D eigenvalue weighted by Gasteiger charge is -2.29. The molecule has 0 saturated carbocycles. The van der Waals surface area contributed by atoms with Crippen molar-refractivity contribution in [2.45, 2.75) is 211 Å². The first-order valence-electron chi connectivity index (χ1n) is 28.5. The monoisotopic (exact) mass is 1150 g/mol. The summed E-state index contributed by atoms with van der Waals surface area (Å²) in [4.78, 5) is 152. The third-order valence-corrected chi connectivity index (χ3v) is 13.1. The zero-order valence-electron chi connectivity index (χ0n) is 48.5. The van der Waals surface area contributed by atoms with Crippen LogP contribution in [-0.4, -0.2) is 187 Å². The van der Waals surface area contributed by atoms with Gasteiger partial charge in [-0.25, -0.2) is 0 Å². The minimum Gasteiger partial charge on any atom is -0.391 e. The number of hydrogen-bond donors (Lipinski definition) is 18. The number of carbonyl (C=O) groups is 11. The van der Waals surface area contributed by atoms with Crippen LogP contribution in [0.1, 0.15) is 138 Å². The Labute approximate surface area is 475 Å². The van der Waals surface area contributed by atoms with E-state index >= 15 is 0 Å². The Morgan fingerprint density at radius 1 is 0.519 bits per heavy atom. The molecule has 0 aromatic carbocycles. The molecule has 0 radical (unpaired) electrons. The average molecular weight is 1160 g/mol. The number of nitrogens with two attached hydrogens (primary N) is 5. The van der Waals surface area contributed by atoms with Crippen molar-refractivity contribution in [1.82, 2.24) is 58.5 Å². The van der Waals surface area contributed by atoms with Crippen LogP contribution >= 0.6 is 0 Å². The number of aliphatic hydroxyl groups is 2. The summed E-state index contributed by atoms with van der Waals surface area (Å²) in [5, 5.41) is 49.5. The minimum absolute atomic E-state index is 0.0101. The molecule has 1 saturated heterocycles.